The number of benzene rings is 2. The van der Waals surface area contributed by atoms with Gasteiger partial charge in [0.1, 0.15) is 12.4 Å². The number of pyridine rings is 1. The Morgan fingerprint density at radius 1 is 1.00 bits per heavy atom. The molecule has 0 bridgehead atoms. The molecule has 1 aromatic heterocycles. The zero-order valence-electron chi connectivity index (χ0n) is 16.2. The predicted octanol–water partition coefficient (Wildman–Crippen LogP) is 4.38. The maximum absolute atomic E-state index is 12.5. The summed E-state index contributed by atoms with van der Waals surface area (Å²) in [6, 6.07) is 7.64. The monoisotopic (exact) mass is 379 g/mol. The number of esters is 1. The van der Waals surface area contributed by atoms with Gasteiger partial charge in [0.25, 0.3) is 0 Å². The number of fused-ring (bicyclic) bond motifs is 2. The molecule has 0 amide bonds. The van der Waals surface area contributed by atoms with Gasteiger partial charge >= 0.3 is 5.97 Å². The van der Waals surface area contributed by atoms with Crippen LogP contribution in [0.1, 0.15) is 29.8 Å². The van der Waals surface area contributed by atoms with Crippen molar-refractivity contribution >= 4 is 16.7 Å². The number of rotatable bonds is 5. The minimum Gasteiger partial charge on any atom is -0.493 e. The zero-order valence-corrected chi connectivity index (χ0v) is 16.2. The van der Waals surface area contributed by atoms with Gasteiger partial charge in [-0.1, -0.05) is 0 Å². The lowest BCUT2D eigenvalue weighted by molar-refractivity contribution is 0.0535. The maximum Gasteiger partial charge on any atom is 0.339 e. The van der Waals surface area contributed by atoms with Crippen molar-refractivity contribution in [3.63, 3.8) is 0 Å². The van der Waals surface area contributed by atoms with Crippen LogP contribution in [-0.4, -0.2) is 31.3 Å². The minimum absolute atomic E-state index is 0.0182. The van der Waals surface area contributed by atoms with E-state index in [2.05, 4.69) is 4.98 Å². The first-order valence-electron chi connectivity index (χ1n) is 9.02. The van der Waals surface area contributed by atoms with E-state index < -0.39 is 0 Å². The molecule has 0 saturated carbocycles. The van der Waals surface area contributed by atoms with Crippen molar-refractivity contribution in [3.8, 4) is 28.4 Å². The van der Waals surface area contributed by atoms with Crippen LogP contribution in [0, 0.1) is 0 Å². The van der Waals surface area contributed by atoms with Crippen LogP contribution in [0.25, 0.3) is 21.9 Å². The van der Waals surface area contributed by atoms with Gasteiger partial charge in [-0.3, -0.25) is 4.98 Å². The first kappa shape index (κ1) is 18.1. The third-order valence-corrected chi connectivity index (χ3v) is 4.66. The summed E-state index contributed by atoms with van der Waals surface area (Å²) in [5.41, 5.74) is 2.95. The molecule has 0 radical (unpaired) electrons. The topological polar surface area (TPSA) is 66.9 Å². The molecule has 1 aliphatic heterocycles. The number of hydrogen-bond donors (Lipinski definition) is 0. The molecule has 28 heavy (non-hydrogen) atoms. The summed E-state index contributed by atoms with van der Waals surface area (Å²) in [6.07, 6.45) is 3.41. The quantitative estimate of drug-likeness (QED) is 0.613. The normalized spacial score (nSPS) is 12.8. The SMILES string of the molecule is COc1cc2cc3c(c(-c4cncc(OC(C)C)c4)c2cc1OC)C(=O)OC3. The number of methoxy groups -OCH3 is 2. The Morgan fingerprint density at radius 2 is 1.75 bits per heavy atom. The Hall–Kier alpha value is -3.28. The molecular formula is C22H21NO5. The van der Waals surface area contributed by atoms with Crippen LogP contribution >= 0.6 is 0 Å². The van der Waals surface area contributed by atoms with Gasteiger partial charge < -0.3 is 18.9 Å². The number of ether oxygens (including phenoxy) is 4. The highest BCUT2D eigenvalue weighted by atomic mass is 16.5. The highest BCUT2D eigenvalue weighted by Gasteiger charge is 2.28. The van der Waals surface area contributed by atoms with Gasteiger partial charge in [-0.05, 0) is 48.9 Å². The molecular weight excluding hydrogens is 358 g/mol. The molecule has 6 nitrogen and oxygen atoms in total. The third-order valence-electron chi connectivity index (χ3n) is 4.66. The van der Waals surface area contributed by atoms with Crippen molar-refractivity contribution in [1.29, 1.82) is 0 Å². The van der Waals surface area contributed by atoms with Gasteiger partial charge in [-0.25, -0.2) is 4.79 Å². The van der Waals surface area contributed by atoms with Crippen LogP contribution in [0.5, 0.6) is 17.2 Å². The molecule has 0 saturated heterocycles. The summed E-state index contributed by atoms with van der Waals surface area (Å²) in [5.74, 6) is 1.52. The average molecular weight is 379 g/mol. The molecule has 144 valence electrons. The number of carbonyl (C=O) groups excluding carboxylic acids is 1. The van der Waals surface area contributed by atoms with E-state index in [4.69, 9.17) is 18.9 Å². The second-order valence-electron chi connectivity index (χ2n) is 6.87. The highest BCUT2D eigenvalue weighted by Crippen LogP contribution is 2.42. The van der Waals surface area contributed by atoms with Crippen LogP contribution < -0.4 is 14.2 Å². The first-order valence-corrected chi connectivity index (χ1v) is 9.02. The Labute approximate surface area is 163 Å². The van der Waals surface area contributed by atoms with E-state index in [1.807, 2.05) is 38.1 Å². The smallest absolute Gasteiger partial charge is 0.339 e. The van der Waals surface area contributed by atoms with E-state index in [1.165, 1.54) is 0 Å². The zero-order chi connectivity index (χ0) is 19.8. The van der Waals surface area contributed by atoms with Crippen molar-refractivity contribution < 1.29 is 23.7 Å². The summed E-state index contributed by atoms with van der Waals surface area (Å²) in [6.45, 7) is 4.16. The van der Waals surface area contributed by atoms with Crippen molar-refractivity contribution in [3.05, 3.63) is 47.8 Å². The van der Waals surface area contributed by atoms with Crippen molar-refractivity contribution in [2.24, 2.45) is 0 Å². The molecule has 2 aromatic carbocycles. The highest BCUT2D eigenvalue weighted by molar-refractivity contribution is 6.11. The molecule has 0 fully saturated rings. The number of hydrogen-bond acceptors (Lipinski definition) is 6. The minimum atomic E-state index is -0.336. The van der Waals surface area contributed by atoms with Gasteiger partial charge in [-0.15, -0.1) is 0 Å². The van der Waals surface area contributed by atoms with Crippen LogP contribution in [0.4, 0.5) is 0 Å². The molecule has 0 N–H and O–H groups in total. The first-order chi connectivity index (χ1) is 13.5. The van der Waals surface area contributed by atoms with Crippen LogP contribution in [0.15, 0.2) is 36.7 Å². The van der Waals surface area contributed by atoms with Gasteiger partial charge in [0.05, 0.1) is 32.1 Å². The van der Waals surface area contributed by atoms with Crippen molar-refractivity contribution in [2.45, 2.75) is 26.6 Å². The molecule has 0 atom stereocenters. The van der Waals surface area contributed by atoms with E-state index in [9.17, 15) is 4.79 Å². The van der Waals surface area contributed by atoms with E-state index in [1.54, 1.807) is 26.6 Å². The number of cyclic esters (lactones) is 1. The molecule has 3 aromatic rings. The van der Waals surface area contributed by atoms with E-state index in [0.717, 1.165) is 27.5 Å². The molecule has 6 heteroatoms. The standard InChI is InChI=1S/C22H21NO5/c1-12(2)28-16-6-14(9-23-10-16)20-17-8-19(26-4)18(25-3)7-13(17)5-15-11-27-22(24)21(15)20/h5-10,12H,11H2,1-4H3. The fourth-order valence-corrected chi connectivity index (χ4v) is 3.54. The molecule has 4 rings (SSSR count). The second-order valence-corrected chi connectivity index (χ2v) is 6.87. The largest absolute Gasteiger partial charge is 0.493 e. The lowest BCUT2D eigenvalue weighted by Gasteiger charge is -2.16. The summed E-state index contributed by atoms with van der Waals surface area (Å²) in [5, 5.41) is 1.79. The summed E-state index contributed by atoms with van der Waals surface area (Å²) < 4.78 is 22.0. The average Bonchev–Trinajstić information content (AvgIpc) is 3.05. The predicted molar refractivity (Wildman–Crippen MR) is 105 cm³/mol. The lowest BCUT2D eigenvalue weighted by atomic mass is 9.91. The van der Waals surface area contributed by atoms with E-state index in [0.29, 0.717) is 22.8 Å². The second kappa shape index (κ2) is 7.03. The molecule has 0 unspecified atom stereocenters. The van der Waals surface area contributed by atoms with Crippen LogP contribution in [0.2, 0.25) is 0 Å². The van der Waals surface area contributed by atoms with Gasteiger partial charge in [0.2, 0.25) is 0 Å². The van der Waals surface area contributed by atoms with Crippen molar-refractivity contribution in [1.82, 2.24) is 4.98 Å². The third kappa shape index (κ3) is 3.01. The lowest BCUT2D eigenvalue weighted by Crippen LogP contribution is -2.06. The van der Waals surface area contributed by atoms with E-state index in [-0.39, 0.29) is 18.7 Å². The van der Waals surface area contributed by atoms with Gasteiger partial charge in [-0.2, -0.15) is 0 Å². The molecule has 0 spiro atoms. The summed E-state index contributed by atoms with van der Waals surface area (Å²) in [4.78, 5) is 16.8. The Kier molecular flexibility index (Phi) is 4.55. The fraction of sp³-hybridized carbons (Fsp3) is 0.273. The summed E-state index contributed by atoms with van der Waals surface area (Å²) in [7, 11) is 3.19. The maximum atomic E-state index is 12.5. The Balaban J connectivity index is 2.03. The molecule has 2 heterocycles. The van der Waals surface area contributed by atoms with E-state index >= 15 is 0 Å². The molecule has 0 aliphatic carbocycles. The van der Waals surface area contributed by atoms with Crippen LogP contribution in [-0.2, 0) is 11.3 Å². The Bertz CT molecular complexity index is 1070. The number of aromatic nitrogens is 1. The fourth-order valence-electron chi connectivity index (χ4n) is 3.54. The molecule has 1 aliphatic rings. The number of carbonyl (C=O) groups is 1. The summed E-state index contributed by atoms with van der Waals surface area (Å²) >= 11 is 0. The Morgan fingerprint density at radius 3 is 2.46 bits per heavy atom. The van der Waals surface area contributed by atoms with Gasteiger partial charge in [0.15, 0.2) is 11.5 Å². The van der Waals surface area contributed by atoms with Crippen molar-refractivity contribution in [2.75, 3.05) is 14.2 Å². The van der Waals surface area contributed by atoms with Crippen LogP contribution in [0.3, 0.4) is 0 Å². The number of nitrogens with zero attached hydrogens (tertiary/aromatic N) is 1. The van der Waals surface area contributed by atoms with Gasteiger partial charge in [0, 0.05) is 22.9 Å².